The Morgan fingerprint density at radius 2 is 0.776 bits per heavy atom. The number of aliphatic hydroxyl groups excluding tert-OH is 6. The lowest BCUT2D eigenvalue weighted by molar-refractivity contribution is -0.303. The van der Waals surface area contributed by atoms with Crippen molar-refractivity contribution in [1.82, 2.24) is 5.32 Å². The van der Waals surface area contributed by atoms with Crippen LogP contribution in [0.1, 0.15) is 296 Å². The first-order valence-electron chi connectivity index (χ1n) is 29.3. The number of amides is 1. The zero-order chi connectivity index (χ0) is 48.8. The molecule has 0 aromatic carbocycles. The molecule has 10 heteroatoms. The summed E-state index contributed by atoms with van der Waals surface area (Å²) < 4.78 is 11.2. The summed E-state index contributed by atoms with van der Waals surface area (Å²) >= 11 is 0. The third-order valence-corrected chi connectivity index (χ3v) is 14.6. The molecule has 1 saturated heterocycles. The lowest BCUT2D eigenvalue weighted by Crippen LogP contribution is -2.60. The molecule has 7 N–H and O–H groups in total. The van der Waals surface area contributed by atoms with Crippen molar-refractivity contribution in [3.8, 4) is 0 Å². The van der Waals surface area contributed by atoms with Gasteiger partial charge in [0, 0.05) is 6.42 Å². The monoisotopic (exact) mass is 956 g/mol. The van der Waals surface area contributed by atoms with Gasteiger partial charge in [0.1, 0.15) is 30.5 Å². The van der Waals surface area contributed by atoms with E-state index in [-0.39, 0.29) is 18.9 Å². The van der Waals surface area contributed by atoms with Crippen LogP contribution in [-0.2, 0) is 14.3 Å². The van der Waals surface area contributed by atoms with E-state index in [4.69, 9.17) is 9.47 Å². The summed E-state index contributed by atoms with van der Waals surface area (Å²) in [4.78, 5) is 13.1. The van der Waals surface area contributed by atoms with Gasteiger partial charge in [-0.25, -0.2) is 0 Å². The lowest BCUT2D eigenvalue weighted by Gasteiger charge is -2.40. The Morgan fingerprint density at radius 3 is 1.10 bits per heavy atom. The first-order chi connectivity index (χ1) is 32.8. The number of hydrogen-bond donors (Lipinski definition) is 7. The molecule has 67 heavy (non-hydrogen) atoms. The van der Waals surface area contributed by atoms with E-state index < -0.39 is 55.6 Å². The lowest BCUT2D eigenvalue weighted by atomic mass is 9.98. The summed E-state index contributed by atoms with van der Waals surface area (Å²) in [5.74, 6) is -0.252. The van der Waals surface area contributed by atoms with Gasteiger partial charge in [0.05, 0.1) is 25.4 Å². The van der Waals surface area contributed by atoms with Crippen molar-refractivity contribution in [1.29, 1.82) is 0 Å². The molecule has 0 saturated carbocycles. The minimum atomic E-state index is -1.60. The molecule has 8 atom stereocenters. The fourth-order valence-corrected chi connectivity index (χ4v) is 9.85. The number of rotatable bonds is 51. The largest absolute Gasteiger partial charge is 0.394 e. The van der Waals surface area contributed by atoms with Crippen LogP contribution in [0.15, 0.2) is 0 Å². The van der Waals surface area contributed by atoms with Crippen LogP contribution in [0, 0.1) is 0 Å². The van der Waals surface area contributed by atoms with Crippen molar-refractivity contribution < 1.29 is 44.9 Å². The topological polar surface area (TPSA) is 169 Å². The molecule has 1 aliphatic heterocycles. The van der Waals surface area contributed by atoms with Crippen molar-refractivity contribution in [2.24, 2.45) is 0 Å². The Bertz CT molecular complexity index is 1040. The fourth-order valence-electron chi connectivity index (χ4n) is 9.85. The van der Waals surface area contributed by atoms with Crippen molar-refractivity contribution >= 4 is 5.91 Å². The minimum absolute atomic E-state index is 0.252. The standard InChI is InChI=1S/C57H113NO9/c1-3-5-7-9-11-13-15-16-17-18-19-20-21-22-23-24-25-26-27-28-29-30-31-32-33-34-35-36-38-40-42-44-46-52(61)58-49(48-66-57-56(65)55(64)54(63)51(47-59)67-57)53(62)50(60)45-43-41-39-37-14-12-10-8-6-4-2/h49-51,53-57,59-60,62-65H,3-48H2,1-2H3,(H,58,61)/t49-,50+,51+,53-,54-,55?,56?,57+/m0/s1. The van der Waals surface area contributed by atoms with Gasteiger partial charge in [-0.2, -0.15) is 0 Å². The number of hydrogen-bond acceptors (Lipinski definition) is 9. The predicted molar refractivity (Wildman–Crippen MR) is 278 cm³/mol. The van der Waals surface area contributed by atoms with E-state index in [0.29, 0.717) is 6.42 Å². The fraction of sp³-hybridized carbons (Fsp3) is 0.982. The second-order valence-corrected chi connectivity index (χ2v) is 20.9. The number of ether oxygens (including phenoxy) is 2. The smallest absolute Gasteiger partial charge is 0.220 e. The maximum Gasteiger partial charge on any atom is 0.220 e. The second kappa shape index (κ2) is 47.5. The molecule has 0 aromatic rings. The summed E-state index contributed by atoms with van der Waals surface area (Å²) in [7, 11) is 0. The summed E-state index contributed by atoms with van der Waals surface area (Å²) in [5.41, 5.74) is 0. The van der Waals surface area contributed by atoms with Crippen molar-refractivity contribution in [2.45, 2.75) is 345 Å². The van der Waals surface area contributed by atoms with Crippen LogP contribution in [0.4, 0.5) is 0 Å². The zero-order valence-electron chi connectivity index (χ0n) is 44.1. The van der Waals surface area contributed by atoms with Crippen LogP contribution < -0.4 is 5.32 Å². The van der Waals surface area contributed by atoms with Crippen LogP contribution in [-0.4, -0.2) is 98.7 Å². The molecule has 0 spiro atoms. The van der Waals surface area contributed by atoms with Crippen LogP contribution >= 0.6 is 0 Å². The number of unbranched alkanes of at least 4 members (excludes halogenated alkanes) is 40. The van der Waals surface area contributed by atoms with Gasteiger partial charge < -0.3 is 45.4 Å². The first kappa shape index (κ1) is 64.2. The number of nitrogens with one attached hydrogen (secondary N) is 1. The quantitative estimate of drug-likeness (QED) is 0.0293. The Hall–Kier alpha value is -0.850. The molecule has 0 bridgehead atoms. The van der Waals surface area contributed by atoms with Crippen molar-refractivity contribution in [3.05, 3.63) is 0 Å². The van der Waals surface area contributed by atoms with Gasteiger partial charge >= 0.3 is 0 Å². The van der Waals surface area contributed by atoms with Crippen molar-refractivity contribution in [3.63, 3.8) is 0 Å². The number of aliphatic hydroxyl groups is 6. The van der Waals surface area contributed by atoms with Crippen LogP contribution in [0.2, 0.25) is 0 Å². The summed E-state index contributed by atoms with van der Waals surface area (Å²) in [6, 6.07) is -0.985. The van der Waals surface area contributed by atoms with Gasteiger partial charge in [-0.1, -0.05) is 277 Å². The molecule has 0 aromatic heterocycles. The normalized spacial score (nSPS) is 20.0. The Balaban J connectivity index is 2.10. The number of carbonyl (C=O) groups excluding carboxylic acids is 1. The van der Waals surface area contributed by atoms with E-state index in [2.05, 4.69) is 19.2 Å². The van der Waals surface area contributed by atoms with Gasteiger partial charge in [-0.15, -0.1) is 0 Å². The van der Waals surface area contributed by atoms with Gasteiger partial charge in [-0.3, -0.25) is 4.79 Å². The molecule has 0 radical (unpaired) electrons. The first-order valence-corrected chi connectivity index (χ1v) is 29.3. The summed E-state index contributed by atoms with van der Waals surface area (Å²) in [6.07, 6.45) is 45.9. The summed E-state index contributed by atoms with van der Waals surface area (Å²) in [5, 5.41) is 65.3. The highest BCUT2D eigenvalue weighted by molar-refractivity contribution is 5.76. The molecule has 10 nitrogen and oxygen atoms in total. The van der Waals surface area contributed by atoms with E-state index in [0.717, 1.165) is 44.9 Å². The molecular weight excluding hydrogens is 843 g/mol. The Morgan fingerprint density at radius 1 is 0.463 bits per heavy atom. The van der Waals surface area contributed by atoms with E-state index in [1.807, 2.05) is 0 Å². The molecule has 2 unspecified atom stereocenters. The van der Waals surface area contributed by atoms with Crippen LogP contribution in [0.5, 0.6) is 0 Å². The molecule has 1 rings (SSSR count). The van der Waals surface area contributed by atoms with Gasteiger partial charge in [0.25, 0.3) is 0 Å². The van der Waals surface area contributed by atoms with Crippen molar-refractivity contribution in [2.75, 3.05) is 13.2 Å². The Kier molecular flexibility index (Phi) is 45.5. The van der Waals surface area contributed by atoms with E-state index in [9.17, 15) is 35.4 Å². The maximum atomic E-state index is 13.1. The molecule has 1 heterocycles. The van der Waals surface area contributed by atoms with E-state index in [1.54, 1.807) is 0 Å². The maximum absolute atomic E-state index is 13.1. The molecule has 1 aliphatic rings. The average molecular weight is 957 g/mol. The molecule has 400 valence electrons. The van der Waals surface area contributed by atoms with Crippen LogP contribution in [0.25, 0.3) is 0 Å². The molecule has 1 amide bonds. The number of carbonyl (C=O) groups is 1. The predicted octanol–water partition coefficient (Wildman–Crippen LogP) is 13.2. The SMILES string of the molecule is CCCCCCCCCCCCCCCCCCCCCCCCCCCCCCCCCCC(=O)N[C@@H](CO[C@@H]1O[C@H](CO)[C@H](O)C(O)C1O)[C@H](O)[C@H](O)CCCCCCCCCCCC. The average Bonchev–Trinajstić information content (AvgIpc) is 3.33. The highest BCUT2D eigenvalue weighted by Crippen LogP contribution is 2.24. The van der Waals surface area contributed by atoms with Gasteiger partial charge in [0.2, 0.25) is 5.91 Å². The highest BCUT2D eigenvalue weighted by Gasteiger charge is 2.44. The highest BCUT2D eigenvalue weighted by atomic mass is 16.7. The third kappa shape index (κ3) is 36.7. The van der Waals surface area contributed by atoms with E-state index >= 15 is 0 Å². The minimum Gasteiger partial charge on any atom is -0.394 e. The van der Waals surface area contributed by atoms with Gasteiger partial charge in [-0.05, 0) is 12.8 Å². The molecule has 0 aliphatic carbocycles. The summed E-state index contributed by atoms with van der Waals surface area (Å²) in [6.45, 7) is 3.63. The molecule has 1 fully saturated rings. The van der Waals surface area contributed by atoms with E-state index in [1.165, 1.54) is 225 Å². The second-order valence-electron chi connectivity index (χ2n) is 20.9. The zero-order valence-corrected chi connectivity index (χ0v) is 44.1. The van der Waals surface area contributed by atoms with Gasteiger partial charge in [0.15, 0.2) is 6.29 Å². The third-order valence-electron chi connectivity index (χ3n) is 14.6. The Labute approximate surface area is 413 Å². The van der Waals surface area contributed by atoms with Crippen LogP contribution in [0.3, 0.4) is 0 Å². The molecular formula is C57H113NO9.